The molecule has 0 unspecified atom stereocenters. The molecule has 1 rings (SSSR count). The summed E-state index contributed by atoms with van der Waals surface area (Å²) in [5, 5.41) is 10.9. The Bertz CT molecular complexity index is 513. The summed E-state index contributed by atoms with van der Waals surface area (Å²) in [4.78, 5) is 28.8. The predicted octanol–water partition coefficient (Wildman–Crippen LogP) is 2.90. The van der Waals surface area contributed by atoms with Gasteiger partial charge in [0.15, 0.2) is 0 Å². The van der Waals surface area contributed by atoms with Crippen LogP contribution < -0.4 is 0 Å². The Balaban J connectivity index is 3.39. The zero-order valence-electron chi connectivity index (χ0n) is 9.99. The number of nitro benzene ring substituents is 1. The SMILES string of the molecule is CCc1c(SP(=O)(O)O)ccc([N+](=O)[O-])c1CC. The average Bonchev–Trinajstić information content (AvgIpc) is 2.25. The number of hydrogen-bond donors (Lipinski definition) is 2. The van der Waals surface area contributed by atoms with Gasteiger partial charge in [-0.25, -0.2) is 4.57 Å². The maximum absolute atomic E-state index is 11.0. The summed E-state index contributed by atoms with van der Waals surface area (Å²) < 4.78 is 11.0. The maximum atomic E-state index is 11.0. The molecule has 0 saturated heterocycles. The van der Waals surface area contributed by atoms with E-state index in [0.29, 0.717) is 40.2 Å². The van der Waals surface area contributed by atoms with Gasteiger partial charge in [0.1, 0.15) is 0 Å². The minimum atomic E-state index is -4.25. The van der Waals surface area contributed by atoms with E-state index in [1.807, 2.05) is 6.92 Å². The van der Waals surface area contributed by atoms with Crippen molar-refractivity contribution in [2.24, 2.45) is 0 Å². The highest BCUT2D eigenvalue weighted by Gasteiger charge is 2.23. The van der Waals surface area contributed by atoms with Crippen LogP contribution in [0.25, 0.3) is 0 Å². The molecule has 0 bridgehead atoms. The van der Waals surface area contributed by atoms with E-state index < -0.39 is 11.7 Å². The second-order valence-electron chi connectivity index (χ2n) is 3.59. The fraction of sp³-hybridized carbons (Fsp3) is 0.400. The van der Waals surface area contributed by atoms with Gasteiger partial charge in [-0.3, -0.25) is 10.1 Å². The lowest BCUT2D eigenvalue weighted by molar-refractivity contribution is -0.385. The van der Waals surface area contributed by atoms with Crippen molar-refractivity contribution >= 4 is 23.9 Å². The van der Waals surface area contributed by atoms with Gasteiger partial charge in [-0.1, -0.05) is 13.8 Å². The predicted molar refractivity (Wildman–Crippen MR) is 69.8 cm³/mol. The van der Waals surface area contributed by atoms with Crippen LogP contribution >= 0.6 is 18.2 Å². The Morgan fingerprint density at radius 3 is 2.22 bits per heavy atom. The Morgan fingerprint density at radius 1 is 1.28 bits per heavy atom. The van der Waals surface area contributed by atoms with Gasteiger partial charge in [-0.15, -0.1) is 0 Å². The first-order chi connectivity index (χ1) is 8.30. The van der Waals surface area contributed by atoms with Crippen molar-refractivity contribution in [3.63, 3.8) is 0 Å². The molecule has 6 nitrogen and oxygen atoms in total. The van der Waals surface area contributed by atoms with E-state index in [2.05, 4.69) is 0 Å². The minimum Gasteiger partial charge on any atom is -0.316 e. The molecular formula is C10H14NO5PS. The van der Waals surface area contributed by atoms with Gasteiger partial charge < -0.3 is 9.79 Å². The molecule has 0 amide bonds. The van der Waals surface area contributed by atoms with E-state index in [1.165, 1.54) is 12.1 Å². The van der Waals surface area contributed by atoms with Crippen LogP contribution in [0.1, 0.15) is 25.0 Å². The van der Waals surface area contributed by atoms with Crippen LogP contribution in [-0.2, 0) is 17.4 Å². The molecule has 0 aliphatic rings. The van der Waals surface area contributed by atoms with Gasteiger partial charge in [0, 0.05) is 16.5 Å². The molecule has 0 aliphatic carbocycles. The summed E-state index contributed by atoms with van der Waals surface area (Å²) in [6, 6.07) is 2.70. The molecule has 0 heterocycles. The second kappa shape index (κ2) is 5.84. The lowest BCUT2D eigenvalue weighted by atomic mass is 10.0. The largest absolute Gasteiger partial charge is 0.388 e. The van der Waals surface area contributed by atoms with E-state index >= 15 is 0 Å². The Hall–Kier alpha value is -0.880. The molecular weight excluding hydrogens is 277 g/mol. The topological polar surface area (TPSA) is 101 Å². The zero-order valence-corrected chi connectivity index (χ0v) is 11.7. The first-order valence-electron chi connectivity index (χ1n) is 5.34. The monoisotopic (exact) mass is 291 g/mol. The highest BCUT2D eigenvalue weighted by atomic mass is 32.7. The summed E-state index contributed by atoms with van der Waals surface area (Å²) in [7, 11) is 0. The highest BCUT2D eigenvalue weighted by Crippen LogP contribution is 2.56. The lowest BCUT2D eigenvalue weighted by Gasteiger charge is -2.12. The van der Waals surface area contributed by atoms with E-state index in [9.17, 15) is 14.7 Å². The molecule has 0 saturated carbocycles. The Kier molecular flexibility index (Phi) is 4.92. The van der Waals surface area contributed by atoms with Gasteiger partial charge in [0.25, 0.3) is 5.69 Å². The van der Waals surface area contributed by atoms with Crippen molar-refractivity contribution in [2.75, 3.05) is 0 Å². The van der Waals surface area contributed by atoms with E-state index in [0.717, 1.165) is 0 Å². The molecule has 0 fully saturated rings. The van der Waals surface area contributed by atoms with Gasteiger partial charge >= 0.3 is 6.80 Å². The quantitative estimate of drug-likeness (QED) is 0.491. The molecule has 0 aromatic heterocycles. The Morgan fingerprint density at radius 2 is 1.83 bits per heavy atom. The van der Waals surface area contributed by atoms with Crippen molar-refractivity contribution in [1.82, 2.24) is 0 Å². The summed E-state index contributed by atoms with van der Waals surface area (Å²) in [5.41, 5.74) is 1.19. The van der Waals surface area contributed by atoms with Crippen LogP contribution in [0.2, 0.25) is 0 Å². The summed E-state index contributed by atoms with van der Waals surface area (Å²) in [6.45, 7) is -0.657. The first kappa shape index (κ1) is 15.2. The van der Waals surface area contributed by atoms with E-state index in [-0.39, 0.29) is 5.69 Å². The molecule has 1 aromatic rings. The van der Waals surface area contributed by atoms with Crippen LogP contribution in [0.5, 0.6) is 0 Å². The third kappa shape index (κ3) is 3.55. The normalized spacial score (nSPS) is 11.6. The van der Waals surface area contributed by atoms with Crippen molar-refractivity contribution < 1.29 is 19.3 Å². The first-order valence-corrected chi connectivity index (χ1v) is 8.37. The van der Waals surface area contributed by atoms with E-state index in [1.54, 1.807) is 6.92 Å². The van der Waals surface area contributed by atoms with Crippen molar-refractivity contribution in [3.8, 4) is 0 Å². The van der Waals surface area contributed by atoms with Gasteiger partial charge in [0.05, 0.1) is 4.92 Å². The van der Waals surface area contributed by atoms with Gasteiger partial charge in [-0.05, 0) is 35.9 Å². The van der Waals surface area contributed by atoms with Crippen LogP contribution in [0.4, 0.5) is 5.69 Å². The van der Waals surface area contributed by atoms with Crippen LogP contribution in [0.15, 0.2) is 17.0 Å². The second-order valence-corrected chi connectivity index (χ2v) is 7.16. The number of hydrogen-bond acceptors (Lipinski definition) is 4. The van der Waals surface area contributed by atoms with Gasteiger partial charge in [0.2, 0.25) is 0 Å². The molecule has 1 aromatic carbocycles. The third-order valence-electron chi connectivity index (χ3n) is 2.48. The number of nitro groups is 1. The number of rotatable bonds is 5. The molecule has 0 radical (unpaired) electrons. The molecule has 18 heavy (non-hydrogen) atoms. The molecule has 0 atom stereocenters. The minimum absolute atomic E-state index is 0.00409. The third-order valence-corrected chi connectivity index (χ3v) is 4.61. The van der Waals surface area contributed by atoms with Gasteiger partial charge in [-0.2, -0.15) is 0 Å². The number of benzene rings is 1. The summed E-state index contributed by atoms with van der Waals surface area (Å²) in [5.74, 6) is 0. The smallest absolute Gasteiger partial charge is 0.316 e. The fourth-order valence-electron chi connectivity index (χ4n) is 1.83. The van der Waals surface area contributed by atoms with Crippen LogP contribution in [-0.4, -0.2) is 14.7 Å². The van der Waals surface area contributed by atoms with Crippen molar-refractivity contribution in [3.05, 3.63) is 33.4 Å². The van der Waals surface area contributed by atoms with Crippen molar-refractivity contribution in [2.45, 2.75) is 31.6 Å². The summed E-state index contributed by atoms with van der Waals surface area (Å²) >= 11 is 0.446. The molecule has 100 valence electrons. The lowest BCUT2D eigenvalue weighted by Crippen LogP contribution is -2.00. The fourth-order valence-corrected chi connectivity index (χ4v) is 3.87. The van der Waals surface area contributed by atoms with E-state index in [4.69, 9.17) is 9.79 Å². The Labute approximate surface area is 108 Å². The molecule has 2 N–H and O–H groups in total. The number of nitrogens with zero attached hydrogens (tertiary/aromatic N) is 1. The average molecular weight is 291 g/mol. The molecule has 8 heteroatoms. The highest BCUT2D eigenvalue weighted by molar-refractivity contribution is 8.54. The molecule has 0 spiro atoms. The van der Waals surface area contributed by atoms with Crippen LogP contribution in [0.3, 0.4) is 0 Å². The standard InChI is InChI=1S/C10H14NO5PS/c1-3-7-8(4-2)10(18-17(14,15)16)6-5-9(7)11(12)13/h5-6H,3-4H2,1-2H3,(H2,14,15,16). The maximum Gasteiger partial charge on any atom is 0.388 e. The zero-order chi connectivity index (χ0) is 13.9. The molecule has 0 aliphatic heterocycles. The van der Waals surface area contributed by atoms with Crippen molar-refractivity contribution in [1.29, 1.82) is 0 Å². The van der Waals surface area contributed by atoms with Crippen LogP contribution in [0, 0.1) is 10.1 Å². The summed E-state index contributed by atoms with van der Waals surface area (Å²) in [6.07, 6.45) is 0.947.